The first-order chi connectivity index (χ1) is 12.0. The van der Waals surface area contributed by atoms with Crippen LogP contribution in [0.2, 0.25) is 0 Å². The number of carbonyl (C=O) groups is 2. The molecule has 0 saturated carbocycles. The monoisotopic (exact) mass is 340 g/mol. The fourth-order valence-corrected chi connectivity index (χ4v) is 3.09. The van der Waals surface area contributed by atoms with Crippen LogP contribution in [0.5, 0.6) is 11.5 Å². The number of likely N-dealkylation sites (N-methyl/N-ethyl adjacent to an activating group) is 1. The Morgan fingerprint density at radius 2 is 1.60 bits per heavy atom. The lowest BCUT2D eigenvalue weighted by molar-refractivity contribution is -0.147. The Hall–Kier alpha value is -3.02. The number of aromatic hydroxyl groups is 2. The molecule has 1 heterocycles. The third-order valence-corrected chi connectivity index (χ3v) is 4.54. The molecule has 2 unspecified atom stereocenters. The molecule has 6 heteroatoms. The van der Waals surface area contributed by atoms with Crippen molar-refractivity contribution in [3.63, 3.8) is 0 Å². The van der Waals surface area contributed by atoms with Crippen molar-refractivity contribution in [2.45, 2.75) is 24.9 Å². The first-order valence-corrected chi connectivity index (χ1v) is 8.08. The molecule has 6 nitrogen and oxygen atoms in total. The number of benzene rings is 2. The molecule has 2 atom stereocenters. The molecule has 3 N–H and O–H groups in total. The molecule has 0 aliphatic carbocycles. The standard InChI is InChI=1S/C19H20N2O4/c1-21-15(10-12-6-3-2-4-7-12)18(24)20-14(19(21)25)11-13-16(22)8-5-9-17(13)23/h2-9,14-15,22-23H,10-11H2,1H3,(H,20,24). The summed E-state index contributed by atoms with van der Waals surface area (Å²) in [7, 11) is 1.60. The zero-order chi connectivity index (χ0) is 18.0. The number of nitrogens with zero attached hydrogens (tertiary/aromatic N) is 1. The Morgan fingerprint density at radius 1 is 0.960 bits per heavy atom. The van der Waals surface area contributed by atoms with Crippen LogP contribution in [-0.4, -0.2) is 46.1 Å². The third-order valence-electron chi connectivity index (χ3n) is 4.54. The minimum Gasteiger partial charge on any atom is -0.508 e. The van der Waals surface area contributed by atoms with Gasteiger partial charge in [0.1, 0.15) is 23.6 Å². The van der Waals surface area contributed by atoms with Crippen LogP contribution in [-0.2, 0) is 22.4 Å². The van der Waals surface area contributed by atoms with E-state index in [1.807, 2.05) is 30.3 Å². The summed E-state index contributed by atoms with van der Waals surface area (Å²) >= 11 is 0. The Labute approximate surface area is 145 Å². The molecule has 0 aromatic heterocycles. The summed E-state index contributed by atoms with van der Waals surface area (Å²) in [5.74, 6) is -0.693. The number of phenols is 2. The van der Waals surface area contributed by atoms with E-state index in [1.165, 1.54) is 23.1 Å². The van der Waals surface area contributed by atoms with Gasteiger partial charge in [-0.15, -0.1) is 0 Å². The Balaban J connectivity index is 1.76. The van der Waals surface area contributed by atoms with Gasteiger partial charge in [0.2, 0.25) is 11.8 Å². The van der Waals surface area contributed by atoms with E-state index in [-0.39, 0.29) is 35.3 Å². The van der Waals surface area contributed by atoms with E-state index in [4.69, 9.17) is 0 Å². The molecule has 0 spiro atoms. The molecule has 1 aliphatic rings. The van der Waals surface area contributed by atoms with E-state index in [0.29, 0.717) is 6.42 Å². The van der Waals surface area contributed by atoms with Gasteiger partial charge in [-0.3, -0.25) is 9.59 Å². The maximum Gasteiger partial charge on any atom is 0.245 e. The molecule has 2 aromatic carbocycles. The second kappa shape index (κ2) is 6.84. The van der Waals surface area contributed by atoms with Gasteiger partial charge in [0.15, 0.2) is 0 Å². The first-order valence-electron chi connectivity index (χ1n) is 8.08. The summed E-state index contributed by atoms with van der Waals surface area (Å²) in [5.41, 5.74) is 1.22. The van der Waals surface area contributed by atoms with Crippen LogP contribution in [0.15, 0.2) is 48.5 Å². The van der Waals surface area contributed by atoms with Crippen molar-refractivity contribution in [1.82, 2.24) is 10.2 Å². The van der Waals surface area contributed by atoms with Crippen molar-refractivity contribution < 1.29 is 19.8 Å². The number of hydrogen-bond acceptors (Lipinski definition) is 4. The highest BCUT2D eigenvalue weighted by Crippen LogP contribution is 2.28. The van der Waals surface area contributed by atoms with Crippen LogP contribution in [0.3, 0.4) is 0 Å². The second-order valence-electron chi connectivity index (χ2n) is 6.19. The van der Waals surface area contributed by atoms with Crippen molar-refractivity contribution in [3.8, 4) is 11.5 Å². The van der Waals surface area contributed by atoms with E-state index in [2.05, 4.69) is 5.32 Å². The van der Waals surface area contributed by atoms with E-state index >= 15 is 0 Å². The molecule has 1 saturated heterocycles. The minimum atomic E-state index is -0.816. The normalized spacial score (nSPS) is 20.4. The molecular formula is C19H20N2O4. The lowest BCUT2D eigenvalue weighted by Crippen LogP contribution is -2.63. The molecule has 3 rings (SSSR count). The molecule has 130 valence electrons. The maximum absolute atomic E-state index is 12.6. The first kappa shape index (κ1) is 16.8. The Bertz CT molecular complexity index is 771. The van der Waals surface area contributed by atoms with Crippen LogP contribution in [0.4, 0.5) is 0 Å². The molecule has 2 amide bonds. The molecule has 1 aliphatic heterocycles. The molecule has 2 aromatic rings. The van der Waals surface area contributed by atoms with Crippen LogP contribution in [0, 0.1) is 0 Å². The van der Waals surface area contributed by atoms with Crippen LogP contribution >= 0.6 is 0 Å². The maximum atomic E-state index is 12.6. The predicted octanol–water partition coefficient (Wildman–Crippen LogP) is 1.21. The van der Waals surface area contributed by atoms with Gasteiger partial charge in [0, 0.05) is 25.5 Å². The van der Waals surface area contributed by atoms with Crippen molar-refractivity contribution in [2.75, 3.05) is 7.05 Å². The fourth-order valence-electron chi connectivity index (χ4n) is 3.09. The van der Waals surface area contributed by atoms with Crippen LogP contribution in [0.1, 0.15) is 11.1 Å². The topological polar surface area (TPSA) is 89.9 Å². The molecule has 0 bridgehead atoms. The highest BCUT2D eigenvalue weighted by molar-refractivity contribution is 5.97. The highest BCUT2D eigenvalue weighted by Gasteiger charge is 2.38. The number of rotatable bonds is 4. The average Bonchev–Trinajstić information content (AvgIpc) is 2.60. The van der Waals surface area contributed by atoms with Gasteiger partial charge in [-0.1, -0.05) is 36.4 Å². The van der Waals surface area contributed by atoms with Crippen molar-refractivity contribution in [3.05, 3.63) is 59.7 Å². The smallest absolute Gasteiger partial charge is 0.245 e. The SMILES string of the molecule is CN1C(=O)C(Cc2c(O)cccc2O)NC(=O)C1Cc1ccccc1. The van der Waals surface area contributed by atoms with E-state index in [0.717, 1.165) is 5.56 Å². The zero-order valence-corrected chi connectivity index (χ0v) is 13.8. The second-order valence-corrected chi connectivity index (χ2v) is 6.19. The molecule has 25 heavy (non-hydrogen) atoms. The lowest BCUT2D eigenvalue weighted by Gasteiger charge is -2.36. The highest BCUT2D eigenvalue weighted by atomic mass is 16.3. The number of phenolic OH excluding ortho intramolecular Hbond substituents is 2. The molecular weight excluding hydrogens is 320 g/mol. The third kappa shape index (κ3) is 3.42. The van der Waals surface area contributed by atoms with E-state index in [1.54, 1.807) is 7.05 Å². The number of carbonyl (C=O) groups excluding carboxylic acids is 2. The van der Waals surface area contributed by atoms with Crippen molar-refractivity contribution in [2.24, 2.45) is 0 Å². The van der Waals surface area contributed by atoms with Gasteiger partial charge >= 0.3 is 0 Å². The molecule has 0 radical (unpaired) electrons. The lowest BCUT2D eigenvalue weighted by atomic mass is 9.96. The van der Waals surface area contributed by atoms with Crippen LogP contribution in [0.25, 0.3) is 0 Å². The van der Waals surface area contributed by atoms with Gasteiger partial charge in [-0.05, 0) is 17.7 Å². The summed E-state index contributed by atoms with van der Waals surface area (Å²) in [6.07, 6.45) is 0.467. The van der Waals surface area contributed by atoms with E-state index in [9.17, 15) is 19.8 Å². The fraction of sp³-hybridized carbons (Fsp3) is 0.263. The summed E-state index contributed by atoms with van der Waals surface area (Å²) in [5, 5.41) is 22.5. The Morgan fingerprint density at radius 3 is 2.24 bits per heavy atom. The number of nitrogens with one attached hydrogen (secondary N) is 1. The van der Waals surface area contributed by atoms with E-state index < -0.39 is 12.1 Å². The Kier molecular flexibility index (Phi) is 4.61. The van der Waals surface area contributed by atoms with Gasteiger partial charge in [-0.2, -0.15) is 0 Å². The quantitative estimate of drug-likeness (QED) is 0.780. The van der Waals surface area contributed by atoms with Gasteiger partial charge in [0.25, 0.3) is 0 Å². The van der Waals surface area contributed by atoms with Gasteiger partial charge in [-0.25, -0.2) is 0 Å². The number of piperazine rings is 1. The number of hydrogen-bond donors (Lipinski definition) is 3. The minimum absolute atomic E-state index is 0.0332. The summed E-state index contributed by atoms with van der Waals surface area (Å²) < 4.78 is 0. The van der Waals surface area contributed by atoms with Crippen molar-refractivity contribution >= 4 is 11.8 Å². The van der Waals surface area contributed by atoms with Gasteiger partial charge in [0.05, 0.1) is 0 Å². The van der Waals surface area contributed by atoms with Gasteiger partial charge < -0.3 is 20.4 Å². The summed E-state index contributed by atoms with van der Waals surface area (Å²) in [4.78, 5) is 26.6. The van der Waals surface area contributed by atoms with Crippen molar-refractivity contribution in [1.29, 1.82) is 0 Å². The largest absolute Gasteiger partial charge is 0.508 e. The average molecular weight is 340 g/mol. The molecule has 1 fully saturated rings. The summed E-state index contributed by atoms with van der Waals surface area (Å²) in [6, 6.07) is 12.5. The number of amides is 2. The summed E-state index contributed by atoms with van der Waals surface area (Å²) in [6.45, 7) is 0. The zero-order valence-electron chi connectivity index (χ0n) is 13.8. The predicted molar refractivity (Wildman–Crippen MR) is 92.1 cm³/mol. The van der Waals surface area contributed by atoms with Crippen LogP contribution < -0.4 is 5.32 Å².